The molecule has 3 rings (SSSR count). The zero-order valence-corrected chi connectivity index (χ0v) is 14.4. The first-order valence-electron chi connectivity index (χ1n) is 7.51. The summed E-state index contributed by atoms with van der Waals surface area (Å²) in [6.45, 7) is 0. The Morgan fingerprint density at radius 3 is 1.96 bits per heavy atom. The van der Waals surface area contributed by atoms with Gasteiger partial charge in [-0.15, -0.1) is 0 Å². The normalized spacial score (nSPS) is 9.93. The van der Waals surface area contributed by atoms with Gasteiger partial charge >= 0.3 is 5.69 Å². The Morgan fingerprint density at radius 1 is 0.815 bits per heavy atom. The van der Waals surface area contributed by atoms with Crippen molar-refractivity contribution >= 4 is 17.2 Å². The molecule has 2 aromatic carbocycles. The van der Waals surface area contributed by atoms with E-state index in [4.69, 9.17) is 0 Å². The van der Waals surface area contributed by atoms with Crippen LogP contribution < -0.4 is 17.0 Å². The van der Waals surface area contributed by atoms with Gasteiger partial charge in [0.05, 0.1) is 9.85 Å². The topological polar surface area (TPSA) is 107 Å². The summed E-state index contributed by atoms with van der Waals surface area (Å²) in [5.41, 5.74) is 0.323. The zero-order valence-electron chi connectivity index (χ0n) is 13.7. The second kappa shape index (κ2) is 8.15. The van der Waals surface area contributed by atoms with Crippen molar-refractivity contribution in [2.75, 3.05) is 0 Å². The van der Waals surface area contributed by atoms with Gasteiger partial charge in [0.2, 0.25) is 0 Å². The van der Waals surface area contributed by atoms with Crippen LogP contribution in [0.2, 0.25) is 0 Å². The lowest BCUT2D eigenvalue weighted by molar-refractivity contribution is -0.600. The van der Waals surface area contributed by atoms with Crippen molar-refractivity contribution in [1.82, 2.24) is 0 Å². The molecule has 0 atom stereocenters. The number of nitrogens with zero attached hydrogens (tertiary/aromatic N) is 3. The molecule has 0 saturated carbocycles. The Hall–Kier alpha value is -3.65. The second-order valence-corrected chi connectivity index (χ2v) is 5.38. The fraction of sp³-hybridized carbons (Fsp3) is 0. The number of carbonyl (C=O) groups excluding carboxylic acids is 1. The summed E-state index contributed by atoms with van der Waals surface area (Å²) in [6, 6.07) is 14.5. The molecule has 0 spiro atoms. The highest BCUT2D eigenvalue weighted by Crippen LogP contribution is 2.23. The third kappa shape index (κ3) is 4.13. The lowest BCUT2D eigenvalue weighted by Gasteiger charge is -2.03. The number of halogens is 1. The Balaban J connectivity index is 0.00000261. The van der Waals surface area contributed by atoms with Gasteiger partial charge in [-0.2, -0.15) is 4.57 Å². The number of pyridine rings is 1. The highest BCUT2D eigenvalue weighted by atomic mass is 35.5. The molecule has 0 fully saturated rings. The summed E-state index contributed by atoms with van der Waals surface area (Å²) in [5.74, 6) is -0.451. The van der Waals surface area contributed by atoms with Gasteiger partial charge in [-0.3, -0.25) is 25.0 Å². The summed E-state index contributed by atoms with van der Waals surface area (Å²) >= 11 is 0. The number of rotatable bonds is 5. The Labute approximate surface area is 159 Å². The van der Waals surface area contributed by atoms with Gasteiger partial charge in [0.1, 0.15) is 0 Å². The van der Waals surface area contributed by atoms with Crippen LogP contribution in [-0.2, 0) is 0 Å². The summed E-state index contributed by atoms with van der Waals surface area (Å²) in [6.07, 6.45) is 3.33. The first kappa shape index (κ1) is 19.7. The number of benzene rings is 2. The molecule has 0 radical (unpaired) electrons. The van der Waals surface area contributed by atoms with Crippen LogP contribution in [0.15, 0.2) is 73.1 Å². The van der Waals surface area contributed by atoms with Crippen LogP contribution in [0.3, 0.4) is 0 Å². The van der Waals surface area contributed by atoms with Crippen LogP contribution in [-0.4, -0.2) is 15.6 Å². The minimum atomic E-state index is -0.565. The first-order chi connectivity index (χ1) is 12.5. The summed E-state index contributed by atoms with van der Waals surface area (Å²) < 4.78 is 1.58. The molecular weight excluding hydrogens is 374 g/mol. The molecular formula is C18H12ClN3O5. The molecule has 0 aliphatic rings. The van der Waals surface area contributed by atoms with Crippen molar-refractivity contribution in [3.8, 4) is 5.69 Å². The highest BCUT2D eigenvalue weighted by molar-refractivity contribution is 6.09. The summed E-state index contributed by atoms with van der Waals surface area (Å²) in [7, 11) is 0. The molecule has 0 amide bonds. The predicted octanol–water partition coefficient (Wildman–Crippen LogP) is 0.0147. The number of ketones is 1. The molecule has 3 aromatic rings. The van der Waals surface area contributed by atoms with Gasteiger partial charge < -0.3 is 12.4 Å². The molecule has 27 heavy (non-hydrogen) atoms. The molecule has 0 saturated heterocycles. The quantitative estimate of drug-likeness (QED) is 0.266. The maximum Gasteiger partial charge on any atom is 0.341 e. The van der Waals surface area contributed by atoms with Crippen molar-refractivity contribution in [3.63, 3.8) is 0 Å². The van der Waals surface area contributed by atoms with E-state index in [0.717, 1.165) is 0 Å². The molecule has 1 aromatic heterocycles. The van der Waals surface area contributed by atoms with Crippen molar-refractivity contribution in [1.29, 1.82) is 0 Å². The van der Waals surface area contributed by atoms with E-state index in [9.17, 15) is 25.0 Å². The summed E-state index contributed by atoms with van der Waals surface area (Å²) in [4.78, 5) is 33.6. The molecule has 0 N–H and O–H groups in total. The largest absolute Gasteiger partial charge is 1.00 e. The van der Waals surface area contributed by atoms with E-state index in [2.05, 4.69) is 0 Å². The van der Waals surface area contributed by atoms with E-state index in [0.29, 0.717) is 5.69 Å². The monoisotopic (exact) mass is 385 g/mol. The number of aromatic nitrogens is 1. The van der Waals surface area contributed by atoms with E-state index in [1.54, 1.807) is 35.2 Å². The van der Waals surface area contributed by atoms with Crippen molar-refractivity contribution in [2.24, 2.45) is 0 Å². The third-order valence-electron chi connectivity index (χ3n) is 3.77. The standard InChI is InChI=1S/C18H12N3O5.ClH/c22-18(13-4-7-15(8-5-13)20(23)24)14-6-9-16(17(12-14)21(25)26)19-10-2-1-3-11-19;/h1-12H;1H/q+1;/p-1. The van der Waals surface area contributed by atoms with Crippen LogP contribution in [0.1, 0.15) is 15.9 Å². The molecule has 1 heterocycles. The lowest BCUT2D eigenvalue weighted by Crippen LogP contribution is -3.00. The Bertz CT molecular complexity index is 1010. The highest BCUT2D eigenvalue weighted by Gasteiger charge is 2.24. The molecule has 0 unspecified atom stereocenters. The van der Waals surface area contributed by atoms with E-state index in [-0.39, 0.29) is 34.9 Å². The van der Waals surface area contributed by atoms with Crippen molar-refractivity contribution in [2.45, 2.75) is 0 Å². The van der Waals surface area contributed by atoms with E-state index in [1.807, 2.05) is 0 Å². The number of non-ortho nitro benzene ring substituents is 1. The number of nitro benzene ring substituents is 2. The fourth-order valence-electron chi connectivity index (χ4n) is 2.49. The van der Waals surface area contributed by atoms with Crippen LogP contribution in [0.5, 0.6) is 0 Å². The van der Waals surface area contributed by atoms with E-state index >= 15 is 0 Å². The molecule has 0 aliphatic carbocycles. The van der Waals surface area contributed by atoms with Gasteiger partial charge in [0.15, 0.2) is 18.2 Å². The third-order valence-corrected chi connectivity index (χ3v) is 3.77. The minimum absolute atomic E-state index is 0. The van der Waals surface area contributed by atoms with Gasteiger partial charge in [-0.05, 0) is 18.2 Å². The molecule has 9 heteroatoms. The van der Waals surface area contributed by atoms with Crippen LogP contribution >= 0.6 is 0 Å². The fourth-order valence-corrected chi connectivity index (χ4v) is 2.49. The van der Waals surface area contributed by atoms with Gasteiger partial charge in [0.25, 0.3) is 11.4 Å². The SMILES string of the molecule is O=C(c1ccc([N+](=O)[O-])cc1)c1ccc(-[n+]2ccccc2)c([N+](=O)[O-])c1.[Cl-]. The minimum Gasteiger partial charge on any atom is -1.00 e. The first-order valence-corrected chi connectivity index (χ1v) is 7.51. The smallest absolute Gasteiger partial charge is 0.341 e. The van der Waals surface area contributed by atoms with Crippen LogP contribution in [0, 0.1) is 20.2 Å². The number of hydrogen-bond acceptors (Lipinski definition) is 5. The van der Waals surface area contributed by atoms with Gasteiger partial charge in [0, 0.05) is 47.5 Å². The number of hydrogen-bond donors (Lipinski definition) is 0. The molecule has 136 valence electrons. The van der Waals surface area contributed by atoms with Crippen LogP contribution in [0.4, 0.5) is 11.4 Å². The average Bonchev–Trinajstić information content (AvgIpc) is 2.67. The molecule has 0 bridgehead atoms. The number of carbonyl (C=O) groups is 1. The molecule has 8 nitrogen and oxygen atoms in total. The second-order valence-electron chi connectivity index (χ2n) is 5.38. The lowest BCUT2D eigenvalue weighted by atomic mass is 10.0. The van der Waals surface area contributed by atoms with Gasteiger partial charge in [-0.1, -0.05) is 6.07 Å². The maximum absolute atomic E-state index is 12.6. The van der Waals surface area contributed by atoms with E-state index in [1.165, 1.54) is 42.5 Å². The van der Waals surface area contributed by atoms with E-state index < -0.39 is 15.6 Å². The van der Waals surface area contributed by atoms with Crippen molar-refractivity contribution < 1.29 is 31.6 Å². The number of nitro groups is 2. The Morgan fingerprint density at radius 2 is 1.41 bits per heavy atom. The zero-order chi connectivity index (χ0) is 18.7. The Kier molecular flexibility index (Phi) is 5.94. The predicted molar refractivity (Wildman–Crippen MR) is 91.2 cm³/mol. The van der Waals surface area contributed by atoms with Gasteiger partial charge in [-0.25, -0.2) is 0 Å². The maximum atomic E-state index is 12.6. The van der Waals surface area contributed by atoms with Crippen LogP contribution in [0.25, 0.3) is 5.69 Å². The average molecular weight is 386 g/mol. The molecule has 0 aliphatic heterocycles. The van der Waals surface area contributed by atoms with Crippen molar-refractivity contribution in [3.05, 3.63) is 104 Å². The summed E-state index contributed by atoms with van der Waals surface area (Å²) in [5, 5.41) is 22.1.